The number of amides is 6. The van der Waals surface area contributed by atoms with Crippen LogP contribution in [-0.4, -0.2) is 110 Å². The fourth-order valence-electron chi connectivity index (χ4n) is 5.76. The fourth-order valence-corrected chi connectivity index (χ4v) is 6.02. The number of halogens is 5. The smallest absolute Gasteiger partial charge is 0.534 e. The van der Waals surface area contributed by atoms with Gasteiger partial charge in [-0.25, -0.2) is 27.2 Å². The Morgan fingerprint density at radius 3 is 2.25 bits per heavy atom. The summed E-state index contributed by atoms with van der Waals surface area (Å²) in [4.78, 5) is 78.2. The van der Waals surface area contributed by atoms with Gasteiger partial charge in [-0.15, -0.1) is 0 Å². The van der Waals surface area contributed by atoms with Crippen molar-refractivity contribution in [2.24, 2.45) is 0 Å². The predicted molar refractivity (Wildman–Crippen MR) is 177 cm³/mol. The average molecular weight is 796 g/mol. The van der Waals surface area contributed by atoms with Crippen LogP contribution in [0.1, 0.15) is 44.3 Å². The lowest BCUT2D eigenvalue weighted by Crippen LogP contribution is -2.60. The Kier molecular flexibility index (Phi) is 11.6. The zero-order valence-electron chi connectivity index (χ0n) is 27.7. The van der Waals surface area contributed by atoms with Gasteiger partial charge in [0.25, 0.3) is 5.91 Å². The van der Waals surface area contributed by atoms with Crippen LogP contribution in [0.5, 0.6) is 23.0 Å². The molecule has 2 heterocycles. The number of hydrogen-bond acceptors (Lipinski definition) is 11. The molecule has 0 radical (unpaired) electrons. The molecular formula is C32H27BClF4N5O12. The Labute approximate surface area is 311 Å². The minimum absolute atomic E-state index is 0.0251. The van der Waals surface area contributed by atoms with Crippen molar-refractivity contribution in [1.82, 2.24) is 25.8 Å². The molecule has 0 aliphatic carbocycles. The molecule has 5 rings (SSSR count). The molecule has 290 valence electrons. The van der Waals surface area contributed by atoms with E-state index in [4.69, 9.17) is 16.3 Å². The second-order valence-corrected chi connectivity index (χ2v) is 12.4. The number of hydrogen-bond donors (Lipinski definition) is 8. The van der Waals surface area contributed by atoms with Crippen molar-refractivity contribution in [2.75, 3.05) is 26.2 Å². The van der Waals surface area contributed by atoms with Gasteiger partial charge in [-0.2, -0.15) is 0 Å². The van der Waals surface area contributed by atoms with Crippen LogP contribution in [0.25, 0.3) is 0 Å². The second kappa shape index (κ2) is 16.0. The second-order valence-electron chi connectivity index (χ2n) is 12.0. The molecule has 0 bridgehead atoms. The summed E-state index contributed by atoms with van der Waals surface area (Å²) in [6, 6.07) is -0.0388. The van der Waals surface area contributed by atoms with Crippen LogP contribution in [0.4, 0.5) is 22.4 Å². The molecule has 3 aromatic carbocycles. The molecule has 0 spiro atoms. The molecule has 2 aliphatic rings. The van der Waals surface area contributed by atoms with Crippen molar-refractivity contribution in [3.8, 4) is 23.0 Å². The summed E-state index contributed by atoms with van der Waals surface area (Å²) in [5.74, 6) is -17.3. The Bertz CT molecular complexity index is 2110. The monoisotopic (exact) mass is 795 g/mol. The van der Waals surface area contributed by atoms with E-state index in [2.05, 4.69) is 16.0 Å². The number of nitrogens with zero attached hydrogens (tertiary/aromatic N) is 2. The zero-order valence-corrected chi connectivity index (χ0v) is 28.5. The first-order valence-electron chi connectivity index (χ1n) is 15.9. The first kappa shape index (κ1) is 39.9. The molecule has 8 N–H and O–H groups in total. The van der Waals surface area contributed by atoms with Crippen LogP contribution in [0.3, 0.4) is 0 Å². The number of rotatable bonds is 10. The molecule has 1 saturated heterocycles. The molecule has 0 saturated carbocycles. The van der Waals surface area contributed by atoms with Crippen LogP contribution >= 0.6 is 11.6 Å². The minimum Gasteiger partial charge on any atom is -0.534 e. The molecule has 6 amide bonds. The number of imide groups is 1. The number of urea groups is 1. The number of aromatic carboxylic acids is 1. The first-order chi connectivity index (χ1) is 25.9. The minimum atomic E-state index is -2.12. The van der Waals surface area contributed by atoms with Crippen LogP contribution in [0.15, 0.2) is 30.3 Å². The molecule has 0 unspecified atom stereocenters. The van der Waals surface area contributed by atoms with E-state index in [1.807, 2.05) is 0 Å². The van der Waals surface area contributed by atoms with E-state index in [-0.39, 0.29) is 38.0 Å². The number of nitrogens with one attached hydrogen (secondary N) is 3. The highest BCUT2D eigenvalue weighted by molar-refractivity contribution is 6.47. The number of benzene rings is 3. The highest BCUT2D eigenvalue weighted by Crippen LogP contribution is 2.41. The van der Waals surface area contributed by atoms with Crippen molar-refractivity contribution < 1.29 is 76.4 Å². The molecule has 2 atom stereocenters. The van der Waals surface area contributed by atoms with Crippen LogP contribution in [0, 0.1) is 23.3 Å². The molecule has 1 fully saturated rings. The van der Waals surface area contributed by atoms with Gasteiger partial charge in [-0.3, -0.25) is 24.1 Å². The summed E-state index contributed by atoms with van der Waals surface area (Å²) in [5.41, 5.74) is -2.49. The summed E-state index contributed by atoms with van der Waals surface area (Å²) in [6.07, 6.45) is -0.391. The quantitative estimate of drug-likeness (QED) is 0.0472. The van der Waals surface area contributed by atoms with E-state index in [9.17, 15) is 71.8 Å². The lowest BCUT2D eigenvalue weighted by Gasteiger charge is -2.34. The highest BCUT2D eigenvalue weighted by Gasteiger charge is 2.42. The lowest BCUT2D eigenvalue weighted by molar-refractivity contribution is -0.153. The molecule has 23 heteroatoms. The Hall–Kier alpha value is -6.29. The molecule has 17 nitrogen and oxygen atoms in total. The van der Waals surface area contributed by atoms with E-state index < -0.39 is 129 Å². The third-order valence-corrected chi connectivity index (χ3v) is 8.88. The van der Waals surface area contributed by atoms with Gasteiger partial charge in [0.15, 0.2) is 17.3 Å². The van der Waals surface area contributed by atoms with Gasteiger partial charge in [-0.1, -0.05) is 17.7 Å². The molecule has 55 heavy (non-hydrogen) atoms. The average Bonchev–Trinajstić information content (AvgIpc) is 3.11. The summed E-state index contributed by atoms with van der Waals surface area (Å²) in [5, 5.41) is 55.0. The van der Waals surface area contributed by atoms with Crippen molar-refractivity contribution in [1.29, 1.82) is 0 Å². The Balaban J connectivity index is 1.27. The number of piperazine rings is 1. The van der Waals surface area contributed by atoms with Crippen LogP contribution in [0.2, 0.25) is 5.02 Å². The lowest BCUT2D eigenvalue weighted by atomic mass is 9.72. The molecular weight excluding hydrogens is 769 g/mol. The van der Waals surface area contributed by atoms with E-state index in [0.717, 1.165) is 17.0 Å². The fraction of sp³-hybridized carbons (Fsp3) is 0.250. The molecule has 2 aliphatic heterocycles. The number of fused-ring (bicyclic) bond motifs is 1. The van der Waals surface area contributed by atoms with Gasteiger partial charge >= 0.3 is 30.9 Å². The van der Waals surface area contributed by atoms with Crippen molar-refractivity contribution in [3.63, 3.8) is 0 Å². The topological polar surface area (TPSA) is 255 Å². The maximum atomic E-state index is 14.6. The highest BCUT2D eigenvalue weighted by atomic mass is 35.5. The zero-order chi connectivity index (χ0) is 40.5. The third kappa shape index (κ3) is 8.14. The number of carbonyl (C=O) groups is 6. The SMILES string of the molecule is O=C(NCCCN1CCN(C(=O)N[C@H](C(=O)N[C@H]2Cc3ccc(F)c(C(=O)O)c3OB2O)c2cc(F)c(O)c(O)c2Cl)C(=O)C1=O)c1c(F)cc(O)cc1F. The number of phenols is 3. The van der Waals surface area contributed by atoms with Crippen molar-refractivity contribution in [3.05, 3.63) is 80.9 Å². The maximum absolute atomic E-state index is 14.6. The summed E-state index contributed by atoms with van der Waals surface area (Å²) in [7, 11) is -2.01. The Morgan fingerprint density at radius 2 is 1.60 bits per heavy atom. The number of carboxylic acid groups (broad SMARTS) is 1. The normalized spacial score (nSPS) is 15.9. The van der Waals surface area contributed by atoms with Crippen molar-refractivity contribution >= 4 is 54.3 Å². The summed E-state index contributed by atoms with van der Waals surface area (Å²) < 4.78 is 61.9. The van der Waals surface area contributed by atoms with Gasteiger partial charge in [0.05, 0.1) is 11.0 Å². The third-order valence-electron chi connectivity index (χ3n) is 8.49. The molecule has 3 aromatic rings. The van der Waals surface area contributed by atoms with E-state index in [1.165, 1.54) is 0 Å². The number of aromatic hydroxyl groups is 3. The summed E-state index contributed by atoms with van der Waals surface area (Å²) >= 11 is 6.10. The maximum Gasteiger partial charge on any atom is 0.547 e. The van der Waals surface area contributed by atoms with E-state index in [0.29, 0.717) is 23.1 Å². The first-order valence-corrected chi connectivity index (χ1v) is 16.3. The number of carbonyl (C=O) groups excluding carboxylic acids is 5. The summed E-state index contributed by atoms with van der Waals surface area (Å²) in [6.45, 7) is -1.15. The van der Waals surface area contributed by atoms with Gasteiger partial charge in [0.2, 0.25) is 5.91 Å². The molecule has 0 aromatic heterocycles. The van der Waals surface area contributed by atoms with Crippen LogP contribution in [-0.2, 0) is 20.8 Å². The van der Waals surface area contributed by atoms with Crippen molar-refractivity contribution in [2.45, 2.75) is 24.8 Å². The van der Waals surface area contributed by atoms with Gasteiger partial charge < -0.3 is 51.0 Å². The van der Waals surface area contributed by atoms with E-state index in [1.54, 1.807) is 0 Å². The van der Waals surface area contributed by atoms with Gasteiger partial charge in [0, 0.05) is 43.9 Å². The predicted octanol–water partition coefficient (Wildman–Crippen LogP) is 1.09. The standard InChI is InChI=1S/C32H27BClF4N5O12/c34-22-14(11-18(38)24(45)25(22)46)23(28(48)40-19-8-12-2-3-15(35)21(31(51)52)26(12)55-33(19)54)41-32(53)43-7-6-42(29(49)30(43)50)5-1-4-39-27(47)20-16(36)9-13(44)10-17(20)37/h2-3,9-11,19,23,44-46,54H,1,4-8H2,(H,39,47)(H,40,48)(H,41,53)(H,51,52)/t19-,23-/m0/s1. The largest absolute Gasteiger partial charge is 0.547 e. The van der Waals surface area contributed by atoms with Gasteiger partial charge in [0.1, 0.15) is 46.1 Å². The van der Waals surface area contributed by atoms with Crippen LogP contribution < -0.4 is 20.6 Å². The number of carboxylic acids is 1. The van der Waals surface area contributed by atoms with Gasteiger partial charge in [-0.05, 0) is 30.5 Å². The number of phenolic OH excluding ortho intramolecular Hbond substituents is 3. The Morgan fingerprint density at radius 1 is 0.927 bits per heavy atom. The van der Waals surface area contributed by atoms with E-state index >= 15 is 0 Å².